The Morgan fingerprint density at radius 1 is 1.75 bits per heavy atom. The number of nitrogens with zero attached hydrogens (tertiary/aromatic N) is 1. The maximum Gasteiger partial charge on any atom is 0.133 e. The van der Waals surface area contributed by atoms with E-state index in [0.717, 1.165) is 0 Å². The van der Waals surface area contributed by atoms with E-state index in [1.807, 2.05) is 4.90 Å². The van der Waals surface area contributed by atoms with Crippen LogP contribution in [-0.4, -0.2) is 29.5 Å². The number of hydrogen-bond donors (Lipinski definition) is 1. The van der Waals surface area contributed by atoms with Gasteiger partial charge < -0.3 is 0 Å². The topological polar surface area (TPSA) is 3.24 Å². The Morgan fingerprint density at radius 3 is 2.38 bits per heavy atom. The van der Waals surface area contributed by atoms with Gasteiger partial charge in [0.2, 0.25) is 0 Å². The lowest BCUT2D eigenvalue weighted by molar-refractivity contribution is -0.00323. The summed E-state index contributed by atoms with van der Waals surface area (Å²) in [5, 5.41) is 0. The molecule has 0 atom stereocenters. The molecule has 0 N–H and O–H groups in total. The molecule has 0 unspecified atom stereocenters. The Labute approximate surface area is 54.3 Å². The Hall–Kier alpha value is 0.240. The molecule has 1 fully saturated rings. The molecule has 1 aliphatic heterocycles. The molecule has 0 spiro atoms. The molecule has 1 nitrogen and oxygen atoms in total. The summed E-state index contributed by atoms with van der Waals surface area (Å²) in [5.41, 5.74) is -0.928. The fourth-order valence-corrected chi connectivity index (χ4v) is 1.19. The lowest BCUT2D eigenvalue weighted by atomic mass is 10.0. The molecular formula is C5H10FNS. The molecule has 48 valence electrons. The van der Waals surface area contributed by atoms with E-state index in [-0.39, 0.29) is 0 Å². The molecule has 3 heteroatoms. The van der Waals surface area contributed by atoms with Gasteiger partial charge in [-0.15, -0.1) is 0 Å². The largest absolute Gasteiger partial charge is 0.288 e. The zero-order chi connectivity index (χ0) is 6.20. The van der Waals surface area contributed by atoms with Crippen LogP contribution >= 0.6 is 12.6 Å². The molecule has 1 aliphatic rings. The first kappa shape index (κ1) is 6.36. The van der Waals surface area contributed by atoms with Gasteiger partial charge in [0.1, 0.15) is 5.67 Å². The highest BCUT2D eigenvalue weighted by Gasteiger charge is 2.37. The third-order valence-corrected chi connectivity index (χ3v) is 1.71. The third kappa shape index (κ3) is 1.14. The normalized spacial score (nSPS) is 27.4. The smallest absolute Gasteiger partial charge is 0.133 e. The van der Waals surface area contributed by atoms with Crippen LogP contribution in [0.4, 0.5) is 4.39 Å². The van der Waals surface area contributed by atoms with Crippen LogP contribution < -0.4 is 0 Å². The second-order valence-corrected chi connectivity index (χ2v) is 2.82. The van der Waals surface area contributed by atoms with E-state index < -0.39 is 5.67 Å². The van der Waals surface area contributed by atoms with E-state index in [1.54, 1.807) is 6.92 Å². The zero-order valence-corrected chi connectivity index (χ0v) is 5.79. The lowest BCUT2D eigenvalue weighted by Crippen LogP contribution is -2.56. The monoisotopic (exact) mass is 135 g/mol. The van der Waals surface area contributed by atoms with Crippen LogP contribution in [0.1, 0.15) is 6.92 Å². The van der Waals surface area contributed by atoms with Gasteiger partial charge in [-0.2, -0.15) is 12.6 Å². The molecular weight excluding hydrogens is 125 g/mol. The summed E-state index contributed by atoms with van der Waals surface area (Å²) < 4.78 is 12.6. The number of thiol groups is 1. The summed E-state index contributed by atoms with van der Waals surface area (Å²) in [6.07, 6.45) is 0. The van der Waals surface area contributed by atoms with Crippen LogP contribution in [0.5, 0.6) is 0 Å². The maximum atomic E-state index is 12.6. The molecule has 0 bridgehead atoms. The molecule has 1 rings (SSSR count). The average molecular weight is 135 g/mol. The number of alkyl halides is 1. The van der Waals surface area contributed by atoms with Crippen molar-refractivity contribution in [3.63, 3.8) is 0 Å². The fraction of sp³-hybridized carbons (Fsp3) is 1.00. The molecule has 1 heterocycles. The van der Waals surface area contributed by atoms with Crippen LogP contribution in [0.3, 0.4) is 0 Å². The Balaban J connectivity index is 2.21. The highest BCUT2D eigenvalue weighted by Crippen LogP contribution is 2.23. The molecule has 0 amide bonds. The van der Waals surface area contributed by atoms with Crippen LogP contribution in [-0.2, 0) is 0 Å². The number of rotatable bonds is 1. The number of hydrogen-bond acceptors (Lipinski definition) is 2. The minimum absolute atomic E-state index is 0.552. The van der Waals surface area contributed by atoms with Crippen molar-refractivity contribution >= 4 is 12.6 Å². The fourth-order valence-electron chi connectivity index (χ4n) is 0.986. The third-order valence-electron chi connectivity index (χ3n) is 1.31. The summed E-state index contributed by atoms with van der Waals surface area (Å²) in [7, 11) is 0. The summed E-state index contributed by atoms with van der Waals surface area (Å²) >= 11 is 3.98. The molecule has 0 aromatic heterocycles. The van der Waals surface area contributed by atoms with Crippen LogP contribution in [0, 0.1) is 0 Å². The van der Waals surface area contributed by atoms with Crippen molar-refractivity contribution in [3.05, 3.63) is 0 Å². The van der Waals surface area contributed by atoms with E-state index in [4.69, 9.17) is 0 Å². The number of halogens is 1. The van der Waals surface area contributed by atoms with Gasteiger partial charge >= 0.3 is 0 Å². The number of likely N-dealkylation sites (tertiary alicyclic amines) is 1. The van der Waals surface area contributed by atoms with Gasteiger partial charge in [-0.1, -0.05) is 0 Å². The van der Waals surface area contributed by atoms with Crippen molar-refractivity contribution < 1.29 is 4.39 Å². The first-order valence-corrected chi connectivity index (χ1v) is 3.29. The Morgan fingerprint density at radius 2 is 2.25 bits per heavy atom. The van der Waals surface area contributed by atoms with Gasteiger partial charge in [0.15, 0.2) is 0 Å². The minimum Gasteiger partial charge on any atom is -0.288 e. The standard InChI is InChI=1S/C5H10FNS/c1-5(6)2-7(3-5)4-8/h8H,2-4H2,1H3. The average Bonchev–Trinajstić information content (AvgIpc) is 1.60. The van der Waals surface area contributed by atoms with Crippen LogP contribution in [0.15, 0.2) is 0 Å². The first-order chi connectivity index (χ1) is 3.64. The summed E-state index contributed by atoms with van der Waals surface area (Å²) in [6, 6.07) is 0. The van der Waals surface area contributed by atoms with Gasteiger partial charge in [-0.05, 0) is 6.92 Å². The molecule has 0 saturated carbocycles. The molecule has 0 aromatic carbocycles. The molecule has 0 aromatic rings. The van der Waals surface area contributed by atoms with Crippen molar-refractivity contribution in [1.82, 2.24) is 4.90 Å². The van der Waals surface area contributed by atoms with Crippen molar-refractivity contribution in [2.24, 2.45) is 0 Å². The van der Waals surface area contributed by atoms with Gasteiger partial charge in [0.25, 0.3) is 0 Å². The predicted octanol–water partition coefficient (Wildman–Crippen LogP) is 0.917. The summed E-state index contributed by atoms with van der Waals surface area (Å²) in [5.74, 6) is 0.680. The Bertz CT molecular complexity index is 86.4. The second-order valence-electron chi connectivity index (χ2n) is 2.54. The van der Waals surface area contributed by atoms with Crippen molar-refractivity contribution in [2.75, 3.05) is 19.0 Å². The summed E-state index contributed by atoms with van der Waals surface area (Å²) in [6.45, 7) is 2.72. The molecule has 1 saturated heterocycles. The van der Waals surface area contributed by atoms with E-state index in [1.165, 1.54) is 0 Å². The van der Waals surface area contributed by atoms with E-state index in [9.17, 15) is 4.39 Å². The first-order valence-electron chi connectivity index (χ1n) is 2.66. The molecule has 8 heavy (non-hydrogen) atoms. The maximum absolute atomic E-state index is 12.6. The minimum atomic E-state index is -0.928. The highest BCUT2D eigenvalue weighted by molar-refractivity contribution is 7.80. The highest BCUT2D eigenvalue weighted by atomic mass is 32.1. The van der Waals surface area contributed by atoms with Gasteiger partial charge in [-0.25, -0.2) is 4.39 Å². The van der Waals surface area contributed by atoms with Crippen molar-refractivity contribution in [2.45, 2.75) is 12.6 Å². The van der Waals surface area contributed by atoms with Crippen LogP contribution in [0.25, 0.3) is 0 Å². The van der Waals surface area contributed by atoms with Gasteiger partial charge in [0, 0.05) is 19.0 Å². The SMILES string of the molecule is CC1(F)CN(CS)C1. The quantitative estimate of drug-likeness (QED) is 0.523. The van der Waals surface area contributed by atoms with Gasteiger partial charge in [-0.3, -0.25) is 4.90 Å². The van der Waals surface area contributed by atoms with E-state index in [2.05, 4.69) is 12.6 Å². The second kappa shape index (κ2) is 1.88. The zero-order valence-electron chi connectivity index (χ0n) is 4.89. The van der Waals surface area contributed by atoms with Gasteiger partial charge in [0.05, 0.1) is 0 Å². The molecule has 0 radical (unpaired) electrons. The van der Waals surface area contributed by atoms with E-state index in [0.29, 0.717) is 19.0 Å². The molecule has 0 aliphatic carbocycles. The van der Waals surface area contributed by atoms with Crippen LogP contribution in [0.2, 0.25) is 0 Å². The lowest BCUT2D eigenvalue weighted by Gasteiger charge is -2.41. The van der Waals surface area contributed by atoms with Crippen molar-refractivity contribution in [1.29, 1.82) is 0 Å². The van der Waals surface area contributed by atoms with E-state index >= 15 is 0 Å². The predicted molar refractivity (Wildman–Crippen MR) is 34.9 cm³/mol. The Kier molecular flexibility index (Phi) is 1.50. The van der Waals surface area contributed by atoms with Crippen molar-refractivity contribution in [3.8, 4) is 0 Å². The summed E-state index contributed by atoms with van der Waals surface area (Å²) in [4.78, 5) is 1.95.